The molecule has 1 aromatic rings. The van der Waals surface area contributed by atoms with E-state index in [9.17, 15) is 14.9 Å². The molecule has 2 fully saturated rings. The van der Waals surface area contributed by atoms with Gasteiger partial charge in [0.2, 0.25) is 0 Å². The van der Waals surface area contributed by atoms with Gasteiger partial charge in [-0.2, -0.15) is 5.26 Å². The Balaban J connectivity index is 2.17. The van der Waals surface area contributed by atoms with Crippen molar-refractivity contribution in [3.05, 3.63) is 31.9 Å². The second-order valence-corrected chi connectivity index (χ2v) is 11.0. The van der Waals surface area contributed by atoms with Crippen molar-refractivity contribution in [1.82, 2.24) is 9.47 Å². The van der Waals surface area contributed by atoms with Crippen LogP contribution in [0.15, 0.2) is 9.70 Å². The number of hydrogen-bond acceptors (Lipinski definition) is 7. The minimum absolute atomic E-state index is 0.136. The van der Waals surface area contributed by atoms with Crippen molar-refractivity contribution in [1.29, 1.82) is 5.26 Å². The van der Waals surface area contributed by atoms with E-state index in [1.54, 1.807) is 16.6 Å². The van der Waals surface area contributed by atoms with Gasteiger partial charge < -0.3 is 9.64 Å². The van der Waals surface area contributed by atoms with Crippen molar-refractivity contribution >= 4 is 46.1 Å². The van der Waals surface area contributed by atoms with Gasteiger partial charge in [-0.15, -0.1) is 0 Å². The first-order valence-electron chi connectivity index (χ1n) is 11.9. The predicted molar refractivity (Wildman–Crippen MR) is 142 cm³/mol. The fourth-order valence-electron chi connectivity index (χ4n) is 4.94. The minimum Gasteiger partial charge on any atom is -0.385 e. The van der Waals surface area contributed by atoms with Gasteiger partial charge in [0.15, 0.2) is 0 Å². The molecular formula is C25H34N4O3S2. The van der Waals surface area contributed by atoms with Crippen LogP contribution in [0.1, 0.15) is 56.7 Å². The number of piperidine rings is 1. The summed E-state index contributed by atoms with van der Waals surface area (Å²) in [5, 5.41) is 9.81. The first-order chi connectivity index (χ1) is 16.2. The molecular weight excluding hydrogens is 468 g/mol. The van der Waals surface area contributed by atoms with Crippen LogP contribution in [0.2, 0.25) is 0 Å². The second-order valence-electron chi connectivity index (χ2n) is 9.34. The van der Waals surface area contributed by atoms with E-state index < -0.39 is 0 Å². The summed E-state index contributed by atoms with van der Waals surface area (Å²) in [5.74, 6) is 1.64. The second kappa shape index (κ2) is 11.5. The smallest absolute Gasteiger partial charge is 0.270 e. The molecule has 2 unspecified atom stereocenters. The Bertz CT molecular complexity index is 1080. The van der Waals surface area contributed by atoms with Crippen LogP contribution in [-0.2, 0) is 16.1 Å². The maximum atomic E-state index is 13.3. The number of anilines is 1. The van der Waals surface area contributed by atoms with Gasteiger partial charge in [-0.05, 0) is 49.7 Å². The summed E-state index contributed by atoms with van der Waals surface area (Å²) in [6, 6.07) is 2.12. The molecule has 0 N–H and O–H groups in total. The number of rotatable bonds is 8. The Morgan fingerprint density at radius 1 is 1.24 bits per heavy atom. The van der Waals surface area contributed by atoms with E-state index in [1.807, 2.05) is 19.9 Å². The zero-order valence-corrected chi connectivity index (χ0v) is 22.4. The van der Waals surface area contributed by atoms with Crippen LogP contribution >= 0.6 is 24.0 Å². The summed E-state index contributed by atoms with van der Waals surface area (Å²) in [7, 11) is 1.63. The summed E-state index contributed by atoms with van der Waals surface area (Å²) in [4.78, 5) is 30.9. The number of nitriles is 1. The molecule has 2 saturated heterocycles. The number of thiocarbonyl (C=S) groups is 1. The highest BCUT2D eigenvalue weighted by atomic mass is 32.2. The molecule has 3 heterocycles. The Hall–Kier alpha value is -2.15. The van der Waals surface area contributed by atoms with E-state index in [2.05, 4.69) is 24.8 Å². The van der Waals surface area contributed by atoms with Crippen LogP contribution in [0.4, 0.5) is 5.82 Å². The Morgan fingerprint density at radius 3 is 2.50 bits per heavy atom. The molecule has 1 amide bonds. The largest absolute Gasteiger partial charge is 0.385 e. The van der Waals surface area contributed by atoms with E-state index >= 15 is 0 Å². The number of aromatic nitrogens is 1. The van der Waals surface area contributed by atoms with Gasteiger partial charge in [-0.1, -0.05) is 44.8 Å². The molecule has 3 rings (SSSR count). The fraction of sp³-hybridized carbons (Fsp3) is 0.600. The molecule has 9 heteroatoms. The molecule has 184 valence electrons. The molecule has 0 aromatic carbocycles. The van der Waals surface area contributed by atoms with Crippen LogP contribution in [-0.4, -0.2) is 53.0 Å². The first kappa shape index (κ1) is 26.5. The molecule has 0 aliphatic carbocycles. The highest BCUT2D eigenvalue weighted by molar-refractivity contribution is 8.26. The molecule has 34 heavy (non-hydrogen) atoms. The SMILES string of the molecule is CCCn1c(N2CC(C)CC(C)C2)c(/C=C2/SC(=S)N(CCCOC)C2=O)c(C)c(C#N)c1=O. The predicted octanol–water partition coefficient (Wildman–Crippen LogP) is 4.16. The van der Waals surface area contributed by atoms with Crippen molar-refractivity contribution < 1.29 is 9.53 Å². The van der Waals surface area contributed by atoms with Crippen LogP contribution in [0.25, 0.3) is 6.08 Å². The summed E-state index contributed by atoms with van der Waals surface area (Å²) < 4.78 is 7.37. The van der Waals surface area contributed by atoms with Crippen LogP contribution < -0.4 is 10.5 Å². The standard InChI is InChI=1S/C25H34N4O3S2/c1-6-8-28-22(27-14-16(2)11-17(3)15-27)19(18(4)20(13-26)23(28)30)12-21-24(31)29(25(33)34-21)9-7-10-32-5/h12,16-17H,6-11,14-15H2,1-5H3/b21-12+. The van der Waals surface area contributed by atoms with Crippen molar-refractivity contribution in [3.63, 3.8) is 0 Å². The Labute approximate surface area is 211 Å². The van der Waals surface area contributed by atoms with Crippen LogP contribution in [0.5, 0.6) is 0 Å². The lowest BCUT2D eigenvalue weighted by Crippen LogP contribution is -2.43. The minimum atomic E-state index is -0.257. The normalized spacial score (nSPS) is 22.1. The van der Waals surface area contributed by atoms with Gasteiger partial charge in [0.1, 0.15) is 21.8 Å². The quantitative estimate of drug-likeness (QED) is 0.300. The molecule has 0 bridgehead atoms. The van der Waals surface area contributed by atoms with Gasteiger partial charge in [0.25, 0.3) is 11.5 Å². The average molecular weight is 503 g/mol. The molecule has 0 spiro atoms. The Morgan fingerprint density at radius 2 is 1.91 bits per heavy atom. The number of ether oxygens (including phenoxy) is 1. The lowest BCUT2D eigenvalue weighted by molar-refractivity contribution is -0.122. The molecule has 2 aliphatic rings. The van der Waals surface area contributed by atoms with Gasteiger partial charge >= 0.3 is 0 Å². The van der Waals surface area contributed by atoms with Crippen LogP contribution in [0, 0.1) is 30.1 Å². The third kappa shape index (κ3) is 5.40. The fourth-order valence-corrected chi connectivity index (χ4v) is 6.23. The Kier molecular flexibility index (Phi) is 8.96. The van der Waals surface area contributed by atoms with Crippen molar-refractivity contribution in [2.75, 3.05) is 38.3 Å². The number of nitrogens with zero attached hydrogens (tertiary/aromatic N) is 4. The number of thioether (sulfide) groups is 1. The summed E-state index contributed by atoms with van der Waals surface area (Å²) in [6.45, 7) is 11.5. The van der Waals surface area contributed by atoms with Crippen molar-refractivity contribution in [2.24, 2.45) is 11.8 Å². The number of carbonyl (C=O) groups is 1. The third-order valence-electron chi connectivity index (χ3n) is 6.34. The van der Waals surface area contributed by atoms with Gasteiger partial charge in [-0.3, -0.25) is 19.1 Å². The van der Waals surface area contributed by atoms with E-state index in [4.69, 9.17) is 17.0 Å². The van der Waals surface area contributed by atoms with Gasteiger partial charge in [-0.25, -0.2) is 0 Å². The summed E-state index contributed by atoms with van der Waals surface area (Å²) in [6.07, 6.45) is 4.45. The number of amides is 1. The number of pyridine rings is 1. The molecule has 0 saturated carbocycles. The van der Waals surface area contributed by atoms with Gasteiger partial charge in [0.05, 0.1) is 4.91 Å². The molecule has 1 aromatic heterocycles. The molecule has 2 atom stereocenters. The average Bonchev–Trinajstić information content (AvgIpc) is 3.04. The lowest BCUT2D eigenvalue weighted by atomic mass is 9.91. The zero-order chi connectivity index (χ0) is 25.0. The van der Waals surface area contributed by atoms with E-state index in [0.29, 0.717) is 52.7 Å². The zero-order valence-electron chi connectivity index (χ0n) is 20.7. The van der Waals surface area contributed by atoms with E-state index in [0.717, 1.165) is 37.3 Å². The lowest BCUT2D eigenvalue weighted by Gasteiger charge is -2.39. The van der Waals surface area contributed by atoms with Crippen molar-refractivity contribution in [3.8, 4) is 6.07 Å². The molecule has 7 nitrogen and oxygen atoms in total. The number of carbonyl (C=O) groups excluding carboxylic acids is 1. The highest BCUT2D eigenvalue weighted by Crippen LogP contribution is 2.37. The third-order valence-corrected chi connectivity index (χ3v) is 7.72. The summed E-state index contributed by atoms with van der Waals surface area (Å²) >= 11 is 6.76. The topological polar surface area (TPSA) is 78.6 Å². The number of methoxy groups -OCH3 is 1. The van der Waals surface area contributed by atoms with E-state index in [-0.39, 0.29) is 17.0 Å². The van der Waals surface area contributed by atoms with Crippen LogP contribution in [0.3, 0.4) is 0 Å². The van der Waals surface area contributed by atoms with E-state index in [1.165, 1.54) is 11.8 Å². The van der Waals surface area contributed by atoms with Gasteiger partial charge in [0, 0.05) is 45.5 Å². The first-order valence-corrected chi connectivity index (χ1v) is 13.1. The molecule has 0 radical (unpaired) electrons. The maximum absolute atomic E-state index is 13.3. The highest BCUT2D eigenvalue weighted by Gasteiger charge is 2.33. The summed E-state index contributed by atoms with van der Waals surface area (Å²) in [5.41, 5.74) is 1.26. The molecule has 2 aliphatic heterocycles. The monoisotopic (exact) mass is 502 g/mol. The van der Waals surface area contributed by atoms with Crippen molar-refractivity contribution in [2.45, 2.75) is 53.5 Å². The number of hydrogen-bond donors (Lipinski definition) is 0. The maximum Gasteiger partial charge on any atom is 0.270 e.